The van der Waals surface area contributed by atoms with E-state index in [1.807, 2.05) is 12.1 Å². The number of amides is 1. The fraction of sp³-hybridized carbons (Fsp3) is 0.533. The fourth-order valence-corrected chi connectivity index (χ4v) is 2.90. The Morgan fingerprint density at radius 2 is 1.90 bits per heavy atom. The monoisotopic (exact) mass is 276 g/mol. The normalized spacial score (nSPS) is 19.6. The maximum absolute atomic E-state index is 12.1. The molecule has 0 saturated heterocycles. The topological polar surface area (TPSA) is 73.6 Å². The van der Waals surface area contributed by atoms with E-state index in [9.17, 15) is 4.79 Å². The van der Waals surface area contributed by atoms with E-state index in [2.05, 4.69) is 5.32 Å². The molecule has 108 valence electrons. The highest BCUT2D eigenvalue weighted by molar-refractivity contribution is 5.91. The van der Waals surface area contributed by atoms with Crippen LogP contribution in [0.25, 0.3) is 0 Å². The van der Waals surface area contributed by atoms with Gasteiger partial charge in [-0.2, -0.15) is 0 Å². The number of carbonyl (C=O) groups excluding carboxylic acids is 1. The Morgan fingerprint density at radius 3 is 2.65 bits per heavy atom. The molecule has 1 aromatic rings. The van der Waals surface area contributed by atoms with Crippen molar-refractivity contribution < 1.29 is 14.3 Å². The first-order chi connectivity index (χ1) is 9.65. The number of fused-ring (bicyclic) bond motifs is 1. The molecule has 1 heterocycles. The number of hydrogen-bond acceptors (Lipinski definition) is 4. The molecule has 1 aromatic carbocycles. The van der Waals surface area contributed by atoms with E-state index in [0.717, 1.165) is 37.1 Å². The molecule has 1 amide bonds. The molecule has 1 fully saturated rings. The van der Waals surface area contributed by atoms with E-state index >= 15 is 0 Å². The number of rotatable bonds is 3. The van der Waals surface area contributed by atoms with Crippen molar-refractivity contribution in [3.63, 3.8) is 0 Å². The summed E-state index contributed by atoms with van der Waals surface area (Å²) < 4.78 is 10.9. The van der Waals surface area contributed by atoms with Crippen LogP contribution in [0.15, 0.2) is 18.2 Å². The molecule has 0 atom stereocenters. The van der Waals surface area contributed by atoms with E-state index < -0.39 is 0 Å². The van der Waals surface area contributed by atoms with Crippen molar-refractivity contribution in [1.29, 1.82) is 0 Å². The summed E-state index contributed by atoms with van der Waals surface area (Å²) in [7, 11) is 0. The van der Waals surface area contributed by atoms with Gasteiger partial charge in [0.1, 0.15) is 13.2 Å². The molecule has 0 bridgehead atoms. The molecule has 0 radical (unpaired) electrons. The molecule has 1 saturated carbocycles. The van der Waals surface area contributed by atoms with Crippen molar-refractivity contribution in [3.8, 4) is 11.5 Å². The molecule has 1 aliphatic carbocycles. The Hall–Kier alpha value is -1.75. The highest BCUT2D eigenvalue weighted by Gasteiger charge is 2.31. The quantitative estimate of drug-likeness (QED) is 0.886. The lowest BCUT2D eigenvalue weighted by Crippen LogP contribution is -2.40. The van der Waals surface area contributed by atoms with E-state index in [0.29, 0.717) is 25.4 Å². The minimum absolute atomic E-state index is 0.0360. The lowest BCUT2D eigenvalue weighted by molar-refractivity contribution is -0.117. The van der Waals surface area contributed by atoms with Crippen molar-refractivity contribution in [1.82, 2.24) is 0 Å². The maximum atomic E-state index is 12.1. The van der Waals surface area contributed by atoms with Gasteiger partial charge in [0, 0.05) is 23.7 Å². The second kappa shape index (κ2) is 5.32. The summed E-state index contributed by atoms with van der Waals surface area (Å²) in [4.78, 5) is 12.1. The minimum Gasteiger partial charge on any atom is -0.486 e. The number of benzene rings is 1. The molecule has 3 rings (SSSR count). The molecule has 2 aliphatic rings. The zero-order valence-electron chi connectivity index (χ0n) is 11.5. The second-order valence-electron chi connectivity index (χ2n) is 5.65. The smallest absolute Gasteiger partial charge is 0.226 e. The van der Waals surface area contributed by atoms with Gasteiger partial charge in [-0.25, -0.2) is 0 Å². The van der Waals surface area contributed by atoms with Crippen molar-refractivity contribution in [2.75, 3.05) is 18.5 Å². The Balaban J connectivity index is 1.64. The summed E-state index contributed by atoms with van der Waals surface area (Å²) in [6.07, 6.45) is 4.48. The van der Waals surface area contributed by atoms with Gasteiger partial charge in [0.05, 0.1) is 0 Å². The molecule has 3 N–H and O–H groups in total. The molecular weight excluding hydrogens is 256 g/mol. The third-order valence-corrected chi connectivity index (χ3v) is 3.94. The SMILES string of the molecule is NC1(CC(=O)Nc2ccc3c(c2)OCCO3)CCCC1. The molecular formula is C15H20N2O3. The number of nitrogens with one attached hydrogen (secondary N) is 1. The molecule has 0 aromatic heterocycles. The summed E-state index contributed by atoms with van der Waals surface area (Å²) in [5.74, 6) is 1.36. The number of ether oxygens (including phenoxy) is 2. The van der Waals surface area contributed by atoms with Crippen LogP contribution in [0.5, 0.6) is 11.5 Å². The minimum atomic E-state index is -0.322. The Bertz CT molecular complexity index is 510. The van der Waals surface area contributed by atoms with Crippen molar-refractivity contribution in [3.05, 3.63) is 18.2 Å². The van der Waals surface area contributed by atoms with Crippen LogP contribution in [-0.4, -0.2) is 24.7 Å². The van der Waals surface area contributed by atoms with Crippen LogP contribution < -0.4 is 20.5 Å². The van der Waals surface area contributed by atoms with Crippen LogP contribution in [0.2, 0.25) is 0 Å². The van der Waals surface area contributed by atoms with Gasteiger partial charge in [-0.3, -0.25) is 4.79 Å². The number of hydrogen-bond donors (Lipinski definition) is 2. The zero-order chi connectivity index (χ0) is 14.0. The number of carbonyl (C=O) groups is 1. The Morgan fingerprint density at radius 1 is 1.20 bits per heavy atom. The predicted molar refractivity (Wildman–Crippen MR) is 76.1 cm³/mol. The van der Waals surface area contributed by atoms with Gasteiger partial charge in [0.15, 0.2) is 11.5 Å². The average molecular weight is 276 g/mol. The lowest BCUT2D eigenvalue weighted by Gasteiger charge is -2.23. The van der Waals surface area contributed by atoms with Crippen molar-refractivity contribution >= 4 is 11.6 Å². The highest BCUT2D eigenvalue weighted by atomic mass is 16.6. The van der Waals surface area contributed by atoms with E-state index in [-0.39, 0.29) is 11.4 Å². The van der Waals surface area contributed by atoms with E-state index in [1.165, 1.54) is 0 Å². The average Bonchev–Trinajstić information content (AvgIpc) is 2.84. The summed E-state index contributed by atoms with van der Waals surface area (Å²) in [6.45, 7) is 1.10. The lowest BCUT2D eigenvalue weighted by atomic mass is 9.94. The van der Waals surface area contributed by atoms with Gasteiger partial charge in [-0.1, -0.05) is 12.8 Å². The van der Waals surface area contributed by atoms with Gasteiger partial charge in [-0.05, 0) is 25.0 Å². The van der Waals surface area contributed by atoms with Crippen LogP contribution in [0, 0.1) is 0 Å². The van der Waals surface area contributed by atoms with Gasteiger partial charge >= 0.3 is 0 Å². The van der Waals surface area contributed by atoms with Gasteiger partial charge in [0.2, 0.25) is 5.91 Å². The summed E-state index contributed by atoms with van der Waals surface area (Å²) >= 11 is 0. The zero-order valence-corrected chi connectivity index (χ0v) is 11.5. The maximum Gasteiger partial charge on any atom is 0.226 e. The summed E-state index contributed by atoms with van der Waals surface area (Å²) in [6, 6.07) is 5.44. The van der Waals surface area contributed by atoms with Gasteiger partial charge in [0.25, 0.3) is 0 Å². The molecule has 0 spiro atoms. The fourth-order valence-electron chi connectivity index (χ4n) is 2.90. The van der Waals surface area contributed by atoms with E-state index in [4.69, 9.17) is 15.2 Å². The van der Waals surface area contributed by atoms with Crippen LogP contribution in [0.4, 0.5) is 5.69 Å². The third-order valence-electron chi connectivity index (χ3n) is 3.94. The summed E-state index contributed by atoms with van der Waals surface area (Å²) in [5.41, 5.74) is 6.62. The van der Waals surface area contributed by atoms with Crippen molar-refractivity contribution in [2.24, 2.45) is 5.73 Å². The molecule has 20 heavy (non-hydrogen) atoms. The first-order valence-corrected chi connectivity index (χ1v) is 7.13. The molecule has 0 unspecified atom stereocenters. The Labute approximate surface area is 118 Å². The predicted octanol–water partition coefficient (Wildman–Crippen LogP) is 2.06. The standard InChI is InChI=1S/C15H20N2O3/c16-15(5-1-2-6-15)10-14(18)17-11-3-4-12-13(9-11)20-8-7-19-12/h3-4,9H,1-2,5-8,10,16H2,(H,17,18). The third kappa shape index (κ3) is 2.88. The van der Waals surface area contributed by atoms with Crippen LogP contribution in [0.3, 0.4) is 0 Å². The van der Waals surface area contributed by atoms with E-state index in [1.54, 1.807) is 6.07 Å². The first kappa shape index (κ1) is 13.2. The summed E-state index contributed by atoms with van der Waals surface area (Å²) in [5, 5.41) is 2.89. The van der Waals surface area contributed by atoms with Crippen molar-refractivity contribution in [2.45, 2.75) is 37.6 Å². The van der Waals surface area contributed by atoms with Gasteiger partial charge < -0.3 is 20.5 Å². The first-order valence-electron chi connectivity index (χ1n) is 7.13. The van der Waals surface area contributed by atoms with Crippen LogP contribution in [-0.2, 0) is 4.79 Å². The highest BCUT2D eigenvalue weighted by Crippen LogP contribution is 2.33. The number of nitrogens with two attached hydrogens (primary N) is 1. The van der Waals surface area contributed by atoms with Crippen LogP contribution >= 0.6 is 0 Å². The van der Waals surface area contributed by atoms with Crippen LogP contribution in [0.1, 0.15) is 32.1 Å². The molecule has 5 heteroatoms. The molecule has 1 aliphatic heterocycles. The molecule has 5 nitrogen and oxygen atoms in total. The van der Waals surface area contributed by atoms with Gasteiger partial charge in [-0.15, -0.1) is 0 Å². The number of anilines is 1. The Kier molecular flexibility index (Phi) is 3.53. The largest absolute Gasteiger partial charge is 0.486 e. The second-order valence-corrected chi connectivity index (χ2v) is 5.65.